The smallest absolute Gasteiger partial charge is 0.335 e. The molecule has 0 aliphatic heterocycles. The van der Waals surface area contributed by atoms with Crippen molar-refractivity contribution in [2.45, 2.75) is 33.2 Å². The molecule has 4 nitrogen and oxygen atoms in total. The molecule has 2 N–H and O–H groups in total. The number of hydrogen-bond acceptors (Lipinski definition) is 3. The van der Waals surface area contributed by atoms with Crippen molar-refractivity contribution in [1.82, 2.24) is 0 Å². The Hall–Kier alpha value is -1.39. The molecule has 0 saturated heterocycles. The summed E-state index contributed by atoms with van der Waals surface area (Å²) in [6, 6.07) is 4.67. The van der Waals surface area contributed by atoms with Crippen LogP contribution in [-0.4, -0.2) is 22.3 Å². The van der Waals surface area contributed by atoms with Gasteiger partial charge in [-0.3, -0.25) is 0 Å². The highest BCUT2D eigenvalue weighted by Crippen LogP contribution is 2.14. The van der Waals surface area contributed by atoms with Crippen molar-refractivity contribution < 1.29 is 19.7 Å². The molecule has 0 atom stereocenters. The Morgan fingerprint density at radius 1 is 1.38 bits per heavy atom. The third kappa shape index (κ3) is 3.32. The maximum absolute atomic E-state index is 10.7. The van der Waals surface area contributed by atoms with Crippen LogP contribution in [0.2, 0.25) is 0 Å². The van der Waals surface area contributed by atoms with Crippen molar-refractivity contribution in [2.24, 2.45) is 0 Å². The van der Waals surface area contributed by atoms with E-state index in [1.165, 1.54) is 12.1 Å². The summed E-state index contributed by atoms with van der Waals surface area (Å²) >= 11 is 0. The van der Waals surface area contributed by atoms with Crippen molar-refractivity contribution in [1.29, 1.82) is 0 Å². The summed E-state index contributed by atoms with van der Waals surface area (Å²) < 4.78 is 5.41. The van der Waals surface area contributed by atoms with Crippen LogP contribution in [0.15, 0.2) is 18.2 Å². The number of aromatic carboxylic acids is 1. The van der Waals surface area contributed by atoms with Crippen LogP contribution in [-0.2, 0) is 18.0 Å². The van der Waals surface area contributed by atoms with Gasteiger partial charge < -0.3 is 14.9 Å². The minimum Gasteiger partial charge on any atom is -0.478 e. The van der Waals surface area contributed by atoms with E-state index in [4.69, 9.17) is 14.9 Å². The molecule has 0 unspecified atom stereocenters. The first-order valence-electron chi connectivity index (χ1n) is 5.12. The molecule has 0 aromatic heterocycles. The van der Waals surface area contributed by atoms with Crippen molar-refractivity contribution in [2.75, 3.05) is 0 Å². The van der Waals surface area contributed by atoms with Crippen LogP contribution in [0.1, 0.15) is 35.3 Å². The van der Waals surface area contributed by atoms with E-state index in [2.05, 4.69) is 0 Å². The number of aliphatic hydroxyl groups is 1. The number of carboxylic acid groups (broad SMARTS) is 1. The summed E-state index contributed by atoms with van der Waals surface area (Å²) in [7, 11) is 0. The Bertz CT molecular complexity index is 371. The summed E-state index contributed by atoms with van der Waals surface area (Å²) in [6.45, 7) is 4.04. The van der Waals surface area contributed by atoms with Gasteiger partial charge in [-0.25, -0.2) is 4.79 Å². The van der Waals surface area contributed by atoms with Crippen molar-refractivity contribution in [3.05, 3.63) is 34.9 Å². The molecule has 0 spiro atoms. The van der Waals surface area contributed by atoms with Gasteiger partial charge in [-0.05, 0) is 37.1 Å². The van der Waals surface area contributed by atoms with Gasteiger partial charge in [0.25, 0.3) is 0 Å². The summed E-state index contributed by atoms with van der Waals surface area (Å²) in [6.07, 6.45) is 0.102. The molecule has 1 rings (SSSR count). The maximum atomic E-state index is 10.7. The van der Waals surface area contributed by atoms with Crippen LogP contribution in [0.3, 0.4) is 0 Å². The predicted octanol–water partition coefficient (Wildman–Crippen LogP) is 1.80. The average Bonchev–Trinajstić information content (AvgIpc) is 2.25. The highest BCUT2D eigenvalue weighted by molar-refractivity contribution is 5.87. The predicted molar refractivity (Wildman–Crippen MR) is 59.2 cm³/mol. The second-order valence-corrected chi connectivity index (χ2v) is 3.81. The molecule has 0 amide bonds. The monoisotopic (exact) mass is 224 g/mol. The molecule has 88 valence electrons. The van der Waals surface area contributed by atoms with Gasteiger partial charge in [0.2, 0.25) is 0 Å². The van der Waals surface area contributed by atoms with Crippen molar-refractivity contribution >= 4 is 5.97 Å². The van der Waals surface area contributed by atoms with Crippen LogP contribution in [0.5, 0.6) is 0 Å². The lowest BCUT2D eigenvalue weighted by molar-refractivity contribution is 0.0642. The highest BCUT2D eigenvalue weighted by atomic mass is 16.5. The molecule has 0 heterocycles. The molecule has 4 heteroatoms. The minimum atomic E-state index is -0.994. The lowest BCUT2D eigenvalue weighted by Gasteiger charge is -2.11. The van der Waals surface area contributed by atoms with Crippen LogP contribution in [0.25, 0.3) is 0 Å². The molecule has 0 fully saturated rings. The van der Waals surface area contributed by atoms with Gasteiger partial charge in [0, 0.05) is 0 Å². The molecular formula is C12H16O4. The third-order valence-electron chi connectivity index (χ3n) is 2.20. The fourth-order valence-electron chi connectivity index (χ4n) is 1.30. The number of carbonyl (C=O) groups is 1. The zero-order valence-corrected chi connectivity index (χ0v) is 9.43. The van der Waals surface area contributed by atoms with Gasteiger partial charge in [-0.2, -0.15) is 0 Å². The van der Waals surface area contributed by atoms with E-state index in [0.717, 1.165) is 5.56 Å². The lowest BCUT2D eigenvalue weighted by atomic mass is 10.0. The fraction of sp³-hybridized carbons (Fsp3) is 0.417. The fourth-order valence-corrected chi connectivity index (χ4v) is 1.30. The van der Waals surface area contributed by atoms with Crippen LogP contribution in [0, 0.1) is 0 Å². The number of aliphatic hydroxyl groups excluding tert-OH is 1. The number of carboxylic acids is 1. The molecule has 0 aliphatic rings. The standard InChI is InChI=1S/C12H16O4/c1-8(2)16-7-10-4-3-9(12(14)15)5-11(10)6-13/h3-5,8,13H,6-7H2,1-2H3,(H,14,15). The van der Waals surface area contributed by atoms with Crippen LogP contribution >= 0.6 is 0 Å². The number of hydrogen-bond donors (Lipinski definition) is 2. The first kappa shape index (κ1) is 12.7. The second kappa shape index (κ2) is 5.63. The van der Waals surface area contributed by atoms with E-state index in [9.17, 15) is 4.79 Å². The van der Waals surface area contributed by atoms with Crippen molar-refractivity contribution in [3.8, 4) is 0 Å². The van der Waals surface area contributed by atoms with Crippen LogP contribution in [0.4, 0.5) is 0 Å². The van der Waals surface area contributed by atoms with Gasteiger partial charge >= 0.3 is 5.97 Å². The Morgan fingerprint density at radius 2 is 2.06 bits per heavy atom. The molecule has 0 aliphatic carbocycles. The van der Waals surface area contributed by atoms with Gasteiger partial charge in [0.05, 0.1) is 24.9 Å². The number of benzene rings is 1. The van der Waals surface area contributed by atoms with Gasteiger partial charge in [-0.1, -0.05) is 6.07 Å². The van der Waals surface area contributed by atoms with E-state index >= 15 is 0 Å². The average molecular weight is 224 g/mol. The summed E-state index contributed by atoms with van der Waals surface area (Å²) in [4.78, 5) is 10.7. The molecule has 1 aromatic rings. The summed E-state index contributed by atoms with van der Waals surface area (Å²) in [5.74, 6) is -0.994. The largest absolute Gasteiger partial charge is 0.478 e. The Labute approximate surface area is 94.5 Å². The molecule has 0 saturated carbocycles. The van der Waals surface area contributed by atoms with Gasteiger partial charge in [-0.15, -0.1) is 0 Å². The first-order valence-corrected chi connectivity index (χ1v) is 5.12. The number of rotatable bonds is 5. The Balaban J connectivity index is 2.89. The minimum absolute atomic E-state index is 0.102. The van der Waals surface area contributed by atoms with Crippen molar-refractivity contribution in [3.63, 3.8) is 0 Å². The zero-order valence-electron chi connectivity index (χ0n) is 9.43. The summed E-state index contributed by atoms with van der Waals surface area (Å²) in [5, 5.41) is 17.9. The number of ether oxygens (including phenoxy) is 1. The molecular weight excluding hydrogens is 208 g/mol. The normalized spacial score (nSPS) is 10.8. The Kier molecular flexibility index (Phi) is 4.46. The topological polar surface area (TPSA) is 66.8 Å². The quantitative estimate of drug-likeness (QED) is 0.800. The molecule has 0 radical (unpaired) electrons. The van der Waals surface area contributed by atoms with Crippen LogP contribution < -0.4 is 0 Å². The maximum Gasteiger partial charge on any atom is 0.335 e. The summed E-state index contributed by atoms with van der Waals surface area (Å²) in [5.41, 5.74) is 1.60. The highest BCUT2D eigenvalue weighted by Gasteiger charge is 2.08. The van der Waals surface area contributed by atoms with E-state index in [0.29, 0.717) is 12.2 Å². The first-order chi connectivity index (χ1) is 7.54. The zero-order chi connectivity index (χ0) is 12.1. The lowest BCUT2D eigenvalue weighted by Crippen LogP contribution is -2.06. The van der Waals surface area contributed by atoms with E-state index in [1.807, 2.05) is 13.8 Å². The Morgan fingerprint density at radius 3 is 2.56 bits per heavy atom. The van der Waals surface area contributed by atoms with Gasteiger partial charge in [0.1, 0.15) is 0 Å². The molecule has 16 heavy (non-hydrogen) atoms. The molecule has 1 aromatic carbocycles. The molecule has 0 bridgehead atoms. The van der Waals surface area contributed by atoms with E-state index < -0.39 is 5.97 Å². The van der Waals surface area contributed by atoms with Gasteiger partial charge in [0.15, 0.2) is 0 Å². The third-order valence-corrected chi connectivity index (χ3v) is 2.20. The van der Waals surface area contributed by atoms with E-state index in [-0.39, 0.29) is 18.3 Å². The SMILES string of the molecule is CC(C)OCc1ccc(C(=O)O)cc1CO. The van der Waals surface area contributed by atoms with E-state index in [1.54, 1.807) is 6.07 Å². The second-order valence-electron chi connectivity index (χ2n) is 3.81.